The summed E-state index contributed by atoms with van der Waals surface area (Å²) in [6.45, 7) is 3.31. The first-order valence-electron chi connectivity index (χ1n) is 5.39. The topological polar surface area (TPSA) is 34.9 Å². The fourth-order valence-corrected chi connectivity index (χ4v) is 1.91. The van der Waals surface area contributed by atoms with Gasteiger partial charge in [-0.1, -0.05) is 0 Å². The van der Waals surface area contributed by atoms with Gasteiger partial charge in [0.05, 0.1) is 11.0 Å². The molecular weight excluding hydrogens is 245 g/mol. The van der Waals surface area contributed by atoms with E-state index in [0.29, 0.717) is 17.4 Å². The van der Waals surface area contributed by atoms with E-state index in [1.54, 1.807) is 13.8 Å². The maximum Gasteiger partial charge on any atom is 0.449 e. The molecule has 96 valence electrons. The van der Waals surface area contributed by atoms with Crippen LogP contribution in [0.15, 0.2) is 18.2 Å². The third kappa shape index (κ3) is 1.98. The van der Waals surface area contributed by atoms with Gasteiger partial charge in [0.1, 0.15) is 6.29 Å². The highest BCUT2D eigenvalue weighted by atomic mass is 19.4. The molecule has 0 saturated heterocycles. The van der Waals surface area contributed by atoms with Crippen LogP contribution in [0.2, 0.25) is 0 Å². The molecule has 0 fully saturated rings. The molecule has 0 saturated carbocycles. The van der Waals surface area contributed by atoms with Crippen molar-refractivity contribution in [1.29, 1.82) is 0 Å². The number of aromatic nitrogens is 2. The summed E-state index contributed by atoms with van der Waals surface area (Å²) in [6, 6.07) is 3.96. The van der Waals surface area contributed by atoms with Crippen LogP contribution >= 0.6 is 0 Å². The van der Waals surface area contributed by atoms with Crippen LogP contribution in [0.5, 0.6) is 0 Å². The van der Waals surface area contributed by atoms with E-state index in [4.69, 9.17) is 0 Å². The largest absolute Gasteiger partial charge is 0.449 e. The molecule has 0 aliphatic heterocycles. The number of carbonyl (C=O) groups is 1. The number of hydrogen-bond donors (Lipinski definition) is 0. The normalized spacial score (nSPS) is 12.3. The Hall–Kier alpha value is -1.85. The lowest BCUT2D eigenvalue weighted by molar-refractivity contribution is -0.147. The van der Waals surface area contributed by atoms with Crippen LogP contribution < -0.4 is 0 Å². The fraction of sp³-hybridized carbons (Fsp3) is 0.333. The van der Waals surface area contributed by atoms with Crippen LogP contribution in [-0.2, 0) is 6.18 Å². The van der Waals surface area contributed by atoms with Crippen LogP contribution in [-0.4, -0.2) is 15.8 Å². The molecule has 1 aromatic heterocycles. The quantitative estimate of drug-likeness (QED) is 0.771. The molecule has 3 nitrogen and oxygen atoms in total. The number of nitrogens with zero attached hydrogens (tertiary/aromatic N) is 2. The van der Waals surface area contributed by atoms with E-state index in [0.717, 1.165) is 4.57 Å². The molecule has 0 spiro atoms. The monoisotopic (exact) mass is 256 g/mol. The number of imidazole rings is 1. The van der Waals surface area contributed by atoms with E-state index < -0.39 is 12.0 Å². The van der Waals surface area contributed by atoms with Gasteiger partial charge in [-0.25, -0.2) is 4.98 Å². The average molecular weight is 256 g/mol. The molecule has 2 aromatic rings. The fourth-order valence-electron chi connectivity index (χ4n) is 1.91. The zero-order valence-corrected chi connectivity index (χ0v) is 9.82. The first kappa shape index (κ1) is 12.6. The molecule has 0 aliphatic carbocycles. The van der Waals surface area contributed by atoms with Gasteiger partial charge in [0.25, 0.3) is 0 Å². The average Bonchev–Trinajstić information content (AvgIpc) is 2.66. The molecule has 0 atom stereocenters. The lowest BCUT2D eigenvalue weighted by Gasteiger charge is -2.14. The highest BCUT2D eigenvalue weighted by Crippen LogP contribution is 2.33. The van der Waals surface area contributed by atoms with E-state index in [2.05, 4.69) is 4.98 Å². The van der Waals surface area contributed by atoms with Gasteiger partial charge in [0.15, 0.2) is 0 Å². The highest BCUT2D eigenvalue weighted by Gasteiger charge is 2.38. The number of fused-ring (bicyclic) bond motifs is 1. The van der Waals surface area contributed by atoms with Crippen LogP contribution in [0.1, 0.15) is 36.1 Å². The molecular formula is C12H11F3N2O. The second kappa shape index (κ2) is 4.12. The summed E-state index contributed by atoms with van der Waals surface area (Å²) in [7, 11) is 0. The smallest absolute Gasteiger partial charge is 0.318 e. The van der Waals surface area contributed by atoms with E-state index in [1.807, 2.05) is 0 Å². The second-order valence-electron chi connectivity index (χ2n) is 4.26. The molecule has 0 radical (unpaired) electrons. The van der Waals surface area contributed by atoms with Crippen molar-refractivity contribution in [3.8, 4) is 0 Å². The Labute approximate surface area is 101 Å². The second-order valence-corrected chi connectivity index (χ2v) is 4.26. The number of carbonyl (C=O) groups excluding carboxylic acids is 1. The Morgan fingerprint density at radius 1 is 1.33 bits per heavy atom. The van der Waals surface area contributed by atoms with Crippen LogP contribution in [0.4, 0.5) is 13.2 Å². The summed E-state index contributed by atoms with van der Waals surface area (Å²) < 4.78 is 39.8. The lowest BCUT2D eigenvalue weighted by Crippen LogP contribution is -2.16. The van der Waals surface area contributed by atoms with E-state index in [9.17, 15) is 18.0 Å². The maximum absolute atomic E-state index is 12.9. The Kier molecular flexibility index (Phi) is 2.88. The standard InChI is InChI=1S/C12H11F3N2O/c1-7(2)17-10-4-3-8(6-18)5-9(10)16-11(17)12(13,14)15/h3-7H,1-2H3. The first-order chi connectivity index (χ1) is 8.34. The van der Waals surface area contributed by atoms with Crippen molar-refractivity contribution in [2.75, 3.05) is 0 Å². The van der Waals surface area contributed by atoms with Crippen molar-refractivity contribution in [1.82, 2.24) is 9.55 Å². The molecule has 0 aliphatic rings. The van der Waals surface area contributed by atoms with Crippen molar-refractivity contribution < 1.29 is 18.0 Å². The Morgan fingerprint density at radius 2 is 2.00 bits per heavy atom. The summed E-state index contributed by atoms with van der Waals surface area (Å²) in [5, 5.41) is 0. The molecule has 1 aromatic carbocycles. The predicted octanol–water partition coefficient (Wildman–Crippen LogP) is 3.45. The first-order valence-corrected chi connectivity index (χ1v) is 5.39. The number of benzene rings is 1. The summed E-state index contributed by atoms with van der Waals surface area (Å²) in [5.74, 6) is -0.935. The minimum Gasteiger partial charge on any atom is -0.318 e. The van der Waals surface area contributed by atoms with Crippen molar-refractivity contribution in [3.63, 3.8) is 0 Å². The Morgan fingerprint density at radius 3 is 2.50 bits per heavy atom. The molecule has 6 heteroatoms. The van der Waals surface area contributed by atoms with Gasteiger partial charge < -0.3 is 4.57 Å². The van der Waals surface area contributed by atoms with Crippen molar-refractivity contribution in [3.05, 3.63) is 29.6 Å². The minimum atomic E-state index is -4.51. The minimum absolute atomic E-state index is 0.181. The van der Waals surface area contributed by atoms with Crippen molar-refractivity contribution >= 4 is 17.3 Å². The summed E-state index contributed by atoms with van der Waals surface area (Å²) >= 11 is 0. The van der Waals surface area contributed by atoms with Crippen LogP contribution in [0, 0.1) is 0 Å². The predicted molar refractivity (Wildman–Crippen MR) is 60.5 cm³/mol. The Balaban J connectivity index is 2.78. The number of aldehydes is 1. The molecule has 0 amide bonds. The maximum atomic E-state index is 12.9. The van der Waals surface area contributed by atoms with E-state index >= 15 is 0 Å². The van der Waals surface area contributed by atoms with Gasteiger partial charge in [-0.15, -0.1) is 0 Å². The number of hydrogen-bond acceptors (Lipinski definition) is 2. The highest BCUT2D eigenvalue weighted by molar-refractivity contribution is 5.85. The van der Waals surface area contributed by atoms with E-state index in [-0.39, 0.29) is 11.6 Å². The van der Waals surface area contributed by atoms with Gasteiger partial charge in [0.2, 0.25) is 5.82 Å². The van der Waals surface area contributed by atoms with Gasteiger partial charge in [0, 0.05) is 11.6 Å². The van der Waals surface area contributed by atoms with Crippen molar-refractivity contribution in [2.24, 2.45) is 0 Å². The van der Waals surface area contributed by atoms with E-state index in [1.165, 1.54) is 18.2 Å². The number of alkyl halides is 3. The third-order valence-corrected chi connectivity index (χ3v) is 2.62. The molecule has 2 rings (SSSR count). The van der Waals surface area contributed by atoms with Gasteiger partial charge in [-0.2, -0.15) is 13.2 Å². The molecule has 0 bridgehead atoms. The van der Waals surface area contributed by atoms with Gasteiger partial charge in [-0.3, -0.25) is 4.79 Å². The summed E-state index contributed by atoms with van der Waals surface area (Å²) in [4.78, 5) is 14.2. The zero-order valence-electron chi connectivity index (χ0n) is 9.82. The zero-order chi connectivity index (χ0) is 13.5. The van der Waals surface area contributed by atoms with Gasteiger partial charge in [-0.05, 0) is 32.0 Å². The summed E-state index contributed by atoms with van der Waals surface area (Å²) in [6.07, 6.45) is -3.92. The Bertz CT molecular complexity index is 599. The van der Waals surface area contributed by atoms with Gasteiger partial charge >= 0.3 is 6.18 Å². The van der Waals surface area contributed by atoms with Crippen LogP contribution in [0.25, 0.3) is 11.0 Å². The molecule has 1 heterocycles. The lowest BCUT2D eigenvalue weighted by atomic mass is 10.2. The SMILES string of the molecule is CC(C)n1c(C(F)(F)F)nc2cc(C=O)ccc21. The van der Waals surface area contributed by atoms with Crippen molar-refractivity contribution in [2.45, 2.75) is 26.1 Å². The third-order valence-electron chi connectivity index (χ3n) is 2.62. The molecule has 18 heavy (non-hydrogen) atoms. The van der Waals surface area contributed by atoms with Crippen LogP contribution in [0.3, 0.4) is 0 Å². The summed E-state index contributed by atoms with van der Waals surface area (Å²) in [5.41, 5.74) is 0.869. The molecule has 0 N–H and O–H groups in total. The molecule has 0 unspecified atom stereocenters. The number of rotatable bonds is 2. The number of halogens is 3.